The molecule has 1 heterocycles. The lowest BCUT2D eigenvalue weighted by molar-refractivity contribution is 0.137. The number of fused-ring (bicyclic) bond motifs is 1. The monoisotopic (exact) mass is 450 g/mol. The number of nitrogens with zero attached hydrogens (tertiary/aromatic N) is 2. The van der Waals surface area contributed by atoms with Crippen LogP contribution in [0.4, 0.5) is 0 Å². The molecule has 0 unspecified atom stereocenters. The highest BCUT2D eigenvalue weighted by Crippen LogP contribution is 2.29. The molecular weight excluding hydrogens is 424 g/mol. The summed E-state index contributed by atoms with van der Waals surface area (Å²) < 4.78 is 6.66. The van der Waals surface area contributed by atoms with Gasteiger partial charge in [0.25, 0.3) is 0 Å². The molecule has 0 aromatic heterocycles. The smallest absolute Gasteiger partial charge is 0.126 e. The van der Waals surface area contributed by atoms with Crippen molar-refractivity contribution < 1.29 is 4.74 Å². The average molecular weight is 451 g/mol. The van der Waals surface area contributed by atoms with Crippen LogP contribution in [0.3, 0.4) is 0 Å². The molecule has 0 amide bonds. The first-order valence-electron chi connectivity index (χ1n) is 10.1. The Morgan fingerprint density at radius 3 is 2.41 bits per heavy atom. The fourth-order valence-corrected chi connectivity index (χ4v) is 4.39. The summed E-state index contributed by atoms with van der Waals surface area (Å²) >= 11 is 3.53. The number of piperazine rings is 1. The molecule has 3 aromatic carbocycles. The molecule has 4 rings (SSSR count). The first kappa shape index (κ1) is 20.1. The van der Waals surface area contributed by atoms with Gasteiger partial charge in [-0.2, -0.15) is 0 Å². The summed E-state index contributed by atoms with van der Waals surface area (Å²) in [5, 5.41) is 2.50. The van der Waals surface area contributed by atoms with Crippen LogP contribution < -0.4 is 4.74 Å². The maximum atomic E-state index is 5.53. The molecule has 0 atom stereocenters. The molecular formula is C25H27BrN2O. The Morgan fingerprint density at radius 2 is 1.66 bits per heavy atom. The summed E-state index contributed by atoms with van der Waals surface area (Å²) in [6.45, 7) is 6.42. The van der Waals surface area contributed by atoms with Gasteiger partial charge < -0.3 is 4.74 Å². The van der Waals surface area contributed by atoms with Crippen molar-refractivity contribution in [3.63, 3.8) is 0 Å². The zero-order valence-electron chi connectivity index (χ0n) is 16.9. The summed E-state index contributed by atoms with van der Waals surface area (Å²) in [4.78, 5) is 5.08. The van der Waals surface area contributed by atoms with Crippen molar-refractivity contribution in [2.75, 3.05) is 39.8 Å². The van der Waals surface area contributed by atoms with Crippen molar-refractivity contribution in [1.82, 2.24) is 9.80 Å². The average Bonchev–Trinajstić information content (AvgIpc) is 2.75. The highest BCUT2D eigenvalue weighted by Gasteiger charge is 2.17. The Hall–Kier alpha value is -2.14. The summed E-state index contributed by atoms with van der Waals surface area (Å²) in [5.74, 6) is 0.950. The summed E-state index contributed by atoms with van der Waals surface area (Å²) in [5.41, 5.74) is 2.62. The Kier molecular flexibility index (Phi) is 6.65. The molecule has 0 aliphatic carbocycles. The van der Waals surface area contributed by atoms with Crippen LogP contribution in [-0.2, 0) is 6.54 Å². The van der Waals surface area contributed by atoms with Crippen LogP contribution in [0.5, 0.6) is 5.75 Å². The first-order valence-corrected chi connectivity index (χ1v) is 10.9. The second kappa shape index (κ2) is 9.57. The lowest BCUT2D eigenvalue weighted by atomic mass is 10.0. The van der Waals surface area contributed by atoms with Crippen LogP contribution in [0.1, 0.15) is 11.1 Å². The minimum Gasteiger partial charge on any atom is -0.496 e. The molecule has 3 aromatic rings. The van der Waals surface area contributed by atoms with E-state index >= 15 is 0 Å². The van der Waals surface area contributed by atoms with E-state index in [1.54, 1.807) is 7.11 Å². The maximum absolute atomic E-state index is 5.53. The van der Waals surface area contributed by atoms with Gasteiger partial charge in [0, 0.05) is 49.1 Å². The van der Waals surface area contributed by atoms with Crippen molar-refractivity contribution in [2.45, 2.75) is 6.54 Å². The molecule has 4 heteroatoms. The van der Waals surface area contributed by atoms with Crippen LogP contribution in [0.25, 0.3) is 16.8 Å². The molecule has 1 saturated heterocycles. The Bertz CT molecular complexity index is 993. The summed E-state index contributed by atoms with van der Waals surface area (Å²) in [6.07, 6.45) is 4.48. The predicted molar refractivity (Wildman–Crippen MR) is 125 cm³/mol. The van der Waals surface area contributed by atoms with Gasteiger partial charge in [0.2, 0.25) is 0 Å². The van der Waals surface area contributed by atoms with Gasteiger partial charge in [0.1, 0.15) is 5.75 Å². The number of hydrogen-bond acceptors (Lipinski definition) is 3. The van der Waals surface area contributed by atoms with Crippen LogP contribution in [0.15, 0.2) is 71.2 Å². The molecule has 0 spiro atoms. The number of rotatable bonds is 6. The lowest BCUT2D eigenvalue weighted by Crippen LogP contribution is -2.45. The predicted octanol–water partition coefficient (Wildman–Crippen LogP) is 5.44. The van der Waals surface area contributed by atoms with Crippen molar-refractivity contribution in [3.05, 3.63) is 82.3 Å². The standard InChI is InChI=1S/C25H27BrN2O/c1-29-25-12-11-21(23-9-2-3-10-24(23)25)19-28-16-14-27(15-17-28)13-5-7-20-6-4-8-22(26)18-20/h2-12,18H,13-17,19H2,1H3/b7-5+. The van der Waals surface area contributed by atoms with Gasteiger partial charge in [0.05, 0.1) is 7.11 Å². The van der Waals surface area contributed by atoms with E-state index < -0.39 is 0 Å². The Labute approximate surface area is 181 Å². The van der Waals surface area contributed by atoms with Crippen LogP contribution in [0, 0.1) is 0 Å². The minimum atomic E-state index is 0.950. The van der Waals surface area contributed by atoms with Gasteiger partial charge in [-0.25, -0.2) is 0 Å². The highest BCUT2D eigenvalue weighted by molar-refractivity contribution is 9.10. The quantitative estimate of drug-likeness (QED) is 0.496. The second-order valence-electron chi connectivity index (χ2n) is 7.51. The molecule has 0 bridgehead atoms. The van der Waals surface area contributed by atoms with E-state index in [1.165, 1.54) is 21.9 Å². The van der Waals surface area contributed by atoms with Crippen molar-refractivity contribution in [3.8, 4) is 5.75 Å². The third kappa shape index (κ3) is 5.08. The maximum Gasteiger partial charge on any atom is 0.126 e. The van der Waals surface area contributed by atoms with E-state index in [9.17, 15) is 0 Å². The van der Waals surface area contributed by atoms with Gasteiger partial charge in [-0.05, 0) is 34.7 Å². The normalized spacial score (nSPS) is 15.9. The topological polar surface area (TPSA) is 15.7 Å². The lowest BCUT2D eigenvalue weighted by Gasteiger charge is -2.34. The van der Waals surface area contributed by atoms with E-state index in [2.05, 4.69) is 98.5 Å². The van der Waals surface area contributed by atoms with Gasteiger partial charge in [-0.1, -0.05) is 70.5 Å². The van der Waals surface area contributed by atoms with Gasteiger partial charge in [0.15, 0.2) is 0 Å². The molecule has 1 aliphatic heterocycles. The fraction of sp³-hybridized carbons (Fsp3) is 0.280. The largest absolute Gasteiger partial charge is 0.496 e. The van der Waals surface area contributed by atoms with Crippen LogP contribution in [0.2, 0.25) is 0 Å². The van der Waals surface area contributed by atoms with Crippen molar-refractivity contribution in [2.24, 2.45) is 0 Å². The zero-order valence-corrected chi connectivity index (χ0v) is 18.4. The number of ether oxygens (including phenoxy) is 1. The van der Waals surface area contributed by atoms with Gasteiger partial charge in [-0.15, -0.1) is 0 Å². The molecule has 3 nitrogen and oxygen atoms in total. The second-order valence-corrected chi connectivity index (χ2v) is 8.42. The van der Waals surface area contributed by atoms with E-state index in [-0.39, 0.29) is 0 Å². The third-order valence-electron chi connectivity index (χ3n) is 5.58. The highest BCUT2D eigenvalue weighted by atomic mass is 79.9. The van der Waals surface area contributed by atoms with E-state index in [4.69, 9.17) is 4.74 Å². The number of halogens is 1. The first-order chi connectivity index (χ1) is 14.2. The van der Waals surface area contributed by atoms with Crippen molar-refractivity contribution in [1.29, 1.82) is 0 Å². The molecule has 1 aliphatic rings. The van der Waals surface area contributed by atoms with Gasteiger partial charge in [-0.3, -0.25) is 9.80 Å². The fourth-order valence-electron chi connectivity index (χ4n) is 3.97. The molecule has 1 fully saturated rings. The molecule has 0 N–H and O–H groups in total. The van der Waals surface area contributed by atoms with E-state index in [0.717, 1.165) is 49.5 Å². The van der Waals surface area contributed by atoms with Crippen molar-refractivity contribution >= 4 is 32.8 Å². The number of methoxy groups -OCH3 is 1. The van der Waals surface area contributed by atoms with Gasteiger partial charge >= 0.3 is 0 Å². The van der Waals surface area contributed by atoms with Crippen LogP contribution in [-0.4, -0.2) is 49.6 Å². The summed E-state index contributed by atoms with van der Waals surface area (Å²) in [6, 6.07) is 21.3. The van der Waals surface area contributed by atoms with E-state index in [0.29, 0.717) is 0 Å². The SMILES string of the molecule is COc1ccc(CN2CCN(C/C=C/c3cccc(Br)c3)CC2)c2ccccc12. The summed E-state index contributed by atoms with van der Waals surface area (Å²) in [7, 11) is 1.74. The minimum absolute atomic E-state index is 0.950. The Morgan fingerprint density at radius 1 is 0.897 bits per heavy atom. The zero-order chi connectivity index (χ0) is 20.1. The number of hydrogen-bond donors (Lipinski definition) is 0. The van der Waals surface area contributed by atoms with E-state index in [1.807, 2.05) is 0 Å². The number of benzene rings is 3. The third-order valence-corrected chi connectivity index (χ3v) is 6.07. The molecule has 29 heavy (non-hydrogen) atoms. The van der Waals surface area contributed by atoms with Crippen LogP contribution >= 0.6 is 15.9 Å². The Balaban J connectivity index is 1.33. The molecule has 0 radical (unpaired) electrons. The molecule has 0 saturated carbocycles. The molecule has 150 valence electrons.